The number of rotatable bonds is 2. The van der Waals surface area contributed by atoms with Gasteiger partial charge in [-0.05, 0) is 37.2 Å². The van der Waals surface area contributed by atoms with Crippen LogP contribution in [-0.4, -0.2) is 36.9 Å². The maximum absolute atomic E-state index is 13.4. The summed E-state index contributed by atoms with van der Waals surface area (Å²) in [6.07, 6.45) is 2.51. The van der Waals surface area contributed by atoms with Crippen LogP contribution < -0.4 is 10.2 Å². The highest BCUT2D eigenvalue weighted by molar-refractivity contribution is 6.17. The van der Waals surface area contributed by atoms with Crippen LogP contribution in [0.3, 0.4) is 0 Å². The second-order valence-electron chi connectivity index (χ2n) is 7.30. The summed E-state index contributed by atoms with van der Waals surface area (Å²) in [5.41, 5.74) is 3.66. The van der Waals surface area contributed by atoms with Gasteiger partial charge in [0, 0.05) is 19.5 Å². The summed E-state index contributed by atoms with van der Waals surface area (Å²) in [7, 11) is 2.09. The zero-order valence-corrected chi connectivity index (χ0v) is 15.6. The third-order valence-corrected chi connectivity index (χ3v) is 5.27. The van der Waals surface area contributed by atoms with Crippen molar-refractivity contribution in [3.63, 3.8) is 0 Å². The maximum atomic E-state index is 13.4. The molecule has 27 heavy (non-hydrogen) atoms. The number of para-hydroxylation sites is 3. The molecule has 5 nitrogen and oxygen atoms in total. The van der Waals surface area contributed by atoms with Crippen LogP contribution >= 0.6 is 0 Å². The number of hydrogen-bond acceptors (Lipinski definition) is 3. The van der Waals surface area contributed by atoms with Gasteiger partial charge in [0.15, 0.2) is 0 Å². The minimum absolute atomic E-state index is 0.0194. The third kappa shape index (κ3) is 3.26. The fourth-order valence-corrected chi connectivity index (χ4v) is 3.86. The van der Waals surface area contributed by atoms with Crippen LogP contribution in [0.15, 0.2) is 60.2 Å². The smallest absolute Gasteiger partial charge is 0.257 e. The Balaban J connectivity index is 1.76. The van der Waals surface area contributed by atoms with Gasteiger partial charge in [0.05, 0.1) is 22.6 Å². The lowest BCUT2D eigenvalue weighted by atomic mass is 9.93. The quantitative estimate of drug-likeness (QED) is 0.828. The summed E-state index contributed by atoms with van der Waals surface area (Å²) < 4.78 is 0. The van der Waals surface area contributed by atoms with Gasteiger partial charge in [-0.3, -0.25) is 14.5 Å². The number of likely N-dealkylation sites (N-methyl/N-ethyl adjacent to an activating group) is 1. The molecule has 0 fully saturated rings. The largest absolute Gasteiger partial charge is 0.320 e. The number of carbonyl (C=O) groups excluding carboxylic acids is 2. The van der Waals surface area contributed by atoms with E-state index in [-0.39, 0.29) is 11.8 Å². The summed E-state index contributed by atoms with van der Waals surface area (Å²) in [6.45, 7) is 3.97. The number of benzene rings is 2. The fourth-order valence-electron chi connectivity index (χ4n) is 3.86. The Labute approximate surface area is 159 Å². The summed E-state index contributed by atoms with van der Waals surface area (Å²) in [5.74, 6) is 0.124. The van der Waals surface area contributed by atoms with Crippen molar-refractivity contribution in [1.29, 1.82) is 0 Å². The van der Waals surface area contributed by atoms with Crippen LogP contribution in [0.2, 0.25) is 0 Å². The SMILES string of the molecule is CC1CN(C)CC=C1CC(=O)N1c2ccccc2NC(=O)c2ccccc21. The van der Waals surface area contributed by atoms with E-state index in [0.29, 0.717) is 35.0 Å². The maximum Gasteiger partial charge on any atom is 0.257 e. The highest BCUT2D eigenvalue weighted by Crippen LogP contribution is 2.38. The monoisotopic (exact) mass is 361 g/mol. The van der Waals surface area contributed by atoms with E-state index in [0.717, 1.165) is 18.7 Å². The third-order valence-electron chi connectivity index (χ3n) is 5.27. The summed E-state index contributed by atoms with van der Waals surface area (Å²) >= 11 is 0. The Morgan fingerprint density at radius 1 is 1.11 bits per heavy atom. The van der Waals surface area contributed by atoms with E-state index >= 15 is 0 Å². The normalized spacial score (nSPS) is 19.5. The van der Waals surface area contributed by atoms with Crippen LogP contribution in [0, 0.1) is 5.92 Å². The van der Waals surface area contributed by atoms with Crippen molar-refractivity contribution in [1.82, 2.24) is 4.90 Å². The molecule has 0 aromatic heterocycles. The molecule has 2 aromatic carbocycles. The van der Waals surface area contributed by atoms with Crippen molar-refractivity contribution < 1.29 is 9.59 Å². The number of nitrogens with zero attached hydrogens (tertiary/aromatic N) is 2. The highest BCUT2D eigenvalue weighted by atomic mass is 16.2. The molecule has 5 heteroatoms. The zero-order valence-electron chi connectivity index (χ0n) is 15.6. The van der Waals surface area contributed by atoms with Gasteiger partial charge in [-0.2, -0.15) is 0 Å². The van der Waals surface area contributed by atoms with E-state index in [4.69, 9.17) is 0 Å². The Kier molecular flexibility index (Phi) is 4.54. The van der Waals surface area contributed by atoms with Gasteiger partial charge < -0.3 is 10.2 Å². The molecule has 0 aliphatic carbocycles. The fraction of sp³-hybridized carbons (Fsp3) is 0.273. The predicted octanol–water partition coefficient (Wildman–Crippen LogP) is 3.82. The number of amides is 2. The molecule has 138 valence electrons. The summed E-state index contributed by atoms with van der Waals surface area (Å²) in [5, 5.41) is 2.93. The first-order chi connectivity index (χ1) is 13.0. The number of anilines is 3. The molecule has 0 saturated heterocycles. The lowest BCUT2D eigenvalue weighted by Crippen LogP contribution is -2.33. The zero-order chi connectivity index (χ0) is 19.0. The van der Waals surface area contributed by atoms with Crippen LogP contribution in [0.25, 0.3) is 0 Å². The average molecular weight is 361 g/mol. The molecular formula is C22H23N3O2. The van der Waals surface area contributed by atoms with Gasteiger partial charge in [0.1, 0.15) is 0 Å². The highest BCUT2D eigenvalue weighted by Gasteiger charge is 2.30. The first-order valence-electron chi connectivity index (χ1n) is 9.24. The molecule has 0 bridgehead atoms. The number of carbonyl (C=O) groups is 2. The second kappa shape index (κ2) is 7.00. The lowest BCUT2D eigenvalue weighted by Gasteiger charge is -2.30. The number of hydrogen-bond donors (Lipinski definition) is 1. The summed E-state index contributed by atoms with van der Waals surface area (Å²) in [6, 6.07) is 14.7. The molecule has 1 N–H and O–H groups in total. The lowest BCUT2D eigenvalue weighted by molar-refractivity contribution is -0.117. The number of nitrogens with one attached hydrogen (secondary N) is 1. The standard InChI is InChI=1S/C22H23N3O2/c1-15-14-24(2)12-11-16(15)13-21(26)25-19-9-5-3-7-17(19)22(27)23-18-8-4-6-10-20(18)25/h3-11,15H,12-14H2,1-2H3,(H,23,27). The predicted molar refractivity (Wildman–Crippen MR) is 107 cm³/mol. The van der Waals surface area contributed by atoms with Crippen LogP contribution in [0.4, 0.5) is 17.1 Å². The first-order valence-corrected chi connectivity index (χ1v) is 9.24. The van der Waals surface area contributed by atoms with Crippen molar-refractivity contribution in [3.05, 3.63) is 65.7 Å². The topological polar surface area (TPSA) is 52.7 Å². The molecule has 0 spiro atoms. The Bertz CT molecular complexity index is 935. The molecule has 2 aromatic rings. The summed E-state index contributed by atoms with van der Waals surface area (Å²) in [4.78, 5) is 30.0. The van der Waals surface area contributed by atoms with Crippen LogP contribution in [0.5, 0.6) is 0 Å². The van der Waals surface area contributed by atoms with Crippen molar-refractivity contribution in [2.24, 2.45) is 5.92 Å². The average Bonchev–Trinajstić information content (AvgIpc) is 2.78. The minimum Gasteiger partial charge on any atom is -0.320 e. The van der Waals surface area contributed by atoms with Crippen molar-refractivity contribution in [3.8, 4) is 0 Å². The van der Waals surface area contributed by atoms with E-state index in [1.54, 1.807) is 11.0 Å². The van der Waals surface area contributed by atoms with Gasteiger partial charge in [0.25, 0.3) is 5.91 Å². The Hall–Kier alpha value is -2.92. The van der Waals surface area contributed by atoms with E-state index < -0.39 is 0 Å². The van der Waals surface area contributed by atoms with Gasteiger partial charge in [0.2, 0.25) is 5.91 Å². The molecule has 2 aliphatic rings. The first kappa shape index (κ1) is 17.5. The van der Waals surface area contributed by atoms with E-state index in [9.17, 15) is 9.59 Å². The van der Waals surface area contributed by atoms with Crippen LogP contribution in [-0.2, 0) is 4.79 Å². The molecule has 2 heterocycles. The van der Waals surface area contributed by atoms with E-state index in [1.165, 1.54) is 0 Å². The van der Waals surface area contributed by atoms with Gasteiger partial charge in [-0.25, -0.2) is 0 Å². The van der Waals surface area contributed by atoms with E-state index in [2.05, 4.69) is 30.3 Å². The Morgan fingerprint density at radius 3 is 2.59 bits per heavy atom. The minimum atomic E-state index is -0.194. The Morgan fingerprint density at radius 2 is 1.81 bits per heavy atom. The molecular weight excluding hydrogens is 338 g/mol. The number of fused-ring (bicyclic) bond motifs is 2. The molecule has 0 radical (unpaired) electrons. The van der Waals surface area contributed by atoms with Gasteiger partial charge in [-0.15, -0.1) is 0 Å². The van der Waals surface area contributed by atoms with Crippen LogP contribution in [0.1, 0.15) is 23.7 Å². The van der Waals surface area contributed by atoms with Gasteiger partial charge in [-0.1, -0.05) is 42.8 Å². The van der Waals surface area contributed by atoms with Crippen molar-refractivity contribution in [2.45, 2.75) is 13.3 Å². The molecule has 0 saturated carbocycles. The van der Waals surface area contributed by atoms with Crippen molar-refractivity contribution >= 4 is 28.9 Å². The van der Waals surface area contributed by atoms with E-state index in [1.807, 2.05) is 42.5 Å². The molecule has 2 amide bonds. The molecule has 1 atom stereocenters. The van der Waals surface area contributed by atoms with Crippen molar-refractivity contribution in [2.75, 3.05) is 30.4 Å². The second-order valence-corrected chi connectivity index (χ2v) is 7.30. The molecule has 2 aliphatic heterocycles. The van der Waals surface area contributed by atoms with Gasteiger partial charge >= 0.3 is 0 Å². The molecule has 4 rings (SSSR count). The molecule has 1 unspecified atom stereocenters.